The lowest BCUT2D eigenvalue weighted by molar-refractivity contribution is -0.385. The predicted octanol–water partition coefficient (Wildman–Crippen LogP) is 2.39. The van der Waals surface area contributed by atoms with Crippen molar-refractivity contribution in [2.75, 3.05) is 12.5 Å². The van der Waals surface area contributed by atoms with Gasteiger partial charge in [0.1, 0.15) is 5.75 Å². The minimum atomic E-state index is -3.70. The Balaban J connectivity index is 3.38. The number of halogens is 1. The van der Waals surface area contributed by atoms with Crippen LogP contribution in [0.25, 0.3) is 0 Å². The molecule has 0 radical (unpaired) electrons. The number of nitro groups is 1. The second kappa shape index (κ2) is 6.21. The number of nitro benzene ring substituents is 1. The van der Waals surface area contributed by atoms with Crippen LogP contribution in [0, 0.1) is 10.1 Å². The SMILES string of the molecule is CCOc1cc([N+](=O)[O-])cc(S(=O)(=O)C(C)CCl)c1. The number of alkyl halides is 1. The van der Waals surface area contributed by atoms with Crippen molar-refractivity contribution in [3.05, 3.63) is 28.3 Å². The first kappa shape index (κ1) is 15.7. The lowest BCUT2D eigenvalue weighted by Gasteiger charge is -2.11. The Morgan fingerprint density at radius 1 is 1.42 bits per heavy atom. The Morgan fingerprint density at radius 3 is 2.53 bits per heavy atom. The van der Waals surface area contributed by atoms with Gasteiger partial charge < -0.3 is 4.74 Å². The zero-order chi connectivity index (χ0) is 14.6. The summed E-state index contributed by atoms with van der Waals surface area (Å²) in [7, 11) is -3.70. The predicted molar refractivity (Wildman–Crippen MR) is 71.6 cm³/mol. The van der Waals surface area contributed by atoms with E-state index in [0.29, 0.717) is 0 Å². The molecule has 0 N–H and O–H groups in total. The summed E-state index contributed by atoms with van der Waals surface area (Å²) in [6.45, 7) is 3.43. The van der Waals surface area contributed by atoms with E-state index in [1.54, 1.807) is 6.92 Å². The van der Waals surface area contributed by atoms with Gasteiger partial charge in [-0.1, -0.05) is 0 Å². The van der Waals surface area contributed by atoms with Crippen LogP contribution < -0.4 is 4.74 Å². The van der Waals surface area contributed by atoms with Gasteiger partial charge in [0.25, 0.3) is 5.69 Å². The van der Waals surface area contributed by atoms with E-state index in [9.17, 15) is 18.5 Å². The second-order valence-corrected chi connectivity index (χ2v) is 6.54. The fraction of sp³-hybridized carbons (Fsp3) is 0.455. The molecular formula is C11H14ClNO5S. The number of ether oxygens (including phenoxy) is 1. The molecule has 6 nitrogen and oxygen atoms in total. The van der Waals surface area contributed by atoms with Crippen molar-refractivity contribution in [3.63, 3.8) is 0 Å². The largest absolute Gasteiger partial charge is 0.494 e. The van der Waals surface area contributed by atoms with Crippen LogP contribution in [-0.2, 0) is 9.84 Å². The molecule has 0 aromatic heterocycles. The second-order valence-electron chi connectivity index (χ2n) is 3.86. The summed E-state index contributed by atoms with van der Waals surface area (Å²) in [6, 6.07) is 3.48. The van der Waals surface area contributed by atoms with Crippen molar-refractivity contribution in [1.82, 2.24) is 0 Å². The Morgan fingerprint density at radius 2 is 2.05 bits per heavy atom. The molecule has 1 aromatic rings. The van der Waals surface area contributed by atoms with E-state index in [0.717, 1.165) is 6.07 Å². The molecule has 19 heavy (non-hydrogen) atoms. The van der Waals surface area contributed by atoms with Crippen LogP contribution in [0.1, 0.15) is 13.8 Å². The van der Waals surface area contributed by atoms with E-state index in [1.807, 2.05) is 0 Å². The van der Waals surface area contributed by atoms with Gasteiger partial charge in [-0.25, -0.2) is 8.42 Å². The lowest BCUT2D eigenvalue weighted by atomic mass is 10.3. The highest BCUT2D eigenvalue weighted by Crippen LogP contribution is 2.28. The highest BCUT2D eigenvalue weighted by Gasteiger charge is 2.25. The molecule has 0 aliphatic carbocycles. The van der Waals surface area contributed by atoms with Gasteiger partial charge >= 0.3 is 0 Å². The summed E-state index contributed by atoms with van der Waals surface area (Å²) in [5, 5.41) is 9.98. The molecule has 106 valence electrons. The van der Waals surface area contributed by atoms with E-state index < -0.39 is 20.0 Å². The number of nitrogens with zero attached hydrogens (tertiary/aromatic N) is 1. The molecule has 0 aliphatic rings. The molecule has 0 saturated carbocycles. The van der Waals surface area contributed by atoms with Gasteiger partial charge in [0.15, 0.2) is 9.84 Å². The fourth-order valence-electron chi connectivity index (χ4n) is 1.39. The average Bonchev–Trinajstić information content (AvgIpc) is 2.37. The van der Waals surface area contributed by atoms with Crippen LogP contribution in [0.5, 0.6) is 5.75 Å². The van der Waals surface area contributed by atoms with Gasteiger partial charge in [-0.15, -0.1) is 11.6 Å². The van der Waals surface area contributed by atoms with Gasteiger partial charge in [-0.05, 0) is 19.9 Å². The molecule has 1 unspecified atom stereocenters. The van der Waals surface area contributed by atoms with Crippen LogP contribution in [0.15, 0.2) is 23.1 Å². The number of hydrogen-bond acceptors (Lipinski definition) is 5. The van der Waals surface area contributed by atoms with Gasteiger partial charge in [-0.2, -0.15) is 0 Å². The third kappa shape index (κ3) is 3.57. The van der Waals surface area contributed by atoms with E-state index in [1.165, 1.54) is 19.1 Å². The Kier molecular flexibility index (Phi) is 5.13. The lowest BCUT2D eigenvalue weighted by Crippen LogP contribution is -2.19. The normalized spacial score (nSPS) is 13.0. The molecule has 8 heteroatoms. The third-order valence-corrected chi connectivity index (χ3v) is 5.23. The van der Waals surface area contributed by atoms with Crippen molar-refractivity contribution < 1.29 is 18.1 Å². The molecule has 0 aliphatic heterocycles. The summed E-state index contributed by atoms with van der Waals surface area (Å²) >= 11 is 5.55. The van der Waals surface area contributed by atoms with Crippen LogP contribution >= 0.6 is 11.6 Å². The van der Waals surface area contributed by atoms with E-state index in [4.69, 9.17) is 16.3 Å². The van der Waals surface area contributed by atoms with Crippen molar-refractivity contribution in [3.8, 4) is 5.75 Å². The Hall–Kier alpha value is -1.34. The summed E-state index contributed by atoms with van der Waals surface area (Å²) in [5.41, 5.74) is -0.328. The fourth-order valence-corrected chi connectivity index (χ4v) is 3.09. The molecular weight excluding hydrogens is 294 g/mol. The molecule has 1 atom stereocenters. The van der Waals surface area contributed by atoms with E-state index in [2.05, 4.69) is 0 Å². The van der Waals surface area contributed by atoms with E-state index in [-0.39, 0.29) is 28.8 Å². The minimum Gasteiger partial charge on any atom is -0.494 e. The third-order valence-electron chi connectivity index (χ3n) is 2.46. The molecule has 0 saturated heterocycles. The maximum Gasteiger partial charge on any atom is 0.274 e. The van der Waals surface area contributed by atoms with Gasteiger partial charge in [-0.3, -0.25) is 10.1 Å². The van der Waals surface area contributed by atoms with Crippen molar-refractivity contribution in [2.45, 2.75) is 24.0 Å². The molecule has 0 bridgehead atoms. The highest BCUT2D eigenvalue weighted by molar-refractivity contribution is 7.92. The quantitative estimate of drug-likeness (QED) is 0.457. The number of hydrogen-bond donors (Lipinski definition) is 0. The molecule has 0 spiro atoms. The van der Waals surface area contributed by atoms with E-state index >= 15 is 0 Å². The first-order valence-corrected chi connectivity index (χ1v) is 7.63. The summed E-state index contributed by atoms with van der Waals surface area (Å²) in [6.07, 6.45) is 0. The monoisotopic (exact) mass is 307 g/mol. The maximum absolute atomic E-state index is 12.1. The summed E-state index contributed by atoms with van der Waals surface area (Å²) in [4.78, 5) is 9.99. The topological polar surface area (TPSA) is 86.5 Å². The van der Waals surface area contributed by atoms with Gasteiger partial charge in [0.2, 0.25) is 0 Å². The number of non-ortho nitro benzene ring substituents is 1. The maximum atomic E-state index is 12.1. The van der Waals surface area contributed by atoms with Crippen molar-refractivity contribution in [2.24, 2.45) is 0 Å². The molecule has 0 fully saturated rings. The van der Waals surface area contributed by atoms with Gasteiger partial charge in [0.05, 0.1) is 27.7 Å². The van der Waals surface area contributed by atoms with Crippen molar-refractivity contribution >= 4 is 27.1 Å². The zero-order valence-corrected chi connectivity index (χ0v) is 12.1. The average molecular weight is 308 g/mol. The molecule has 1 aromatic carbocycles. The van der Waals surface area contributed by atoms with Crippen molar-refractivity contribution in [1.29, 1.82) is 0 Å². The first-order valence-electron chi connectivity index (χ1n) is 5.55. The van der Waals surface area contributed by atoms with Gasteiger partial charge in [0, 0.05) is 11.9 Å². The Labute approximate surface area is 116 Å². The number of rotatable bonds is 6. The van der Waals surface area contributed by atoms with Crippen LogP contribution in [-0.4, -0.2) is 31.1 Å². The summed E-state index contributed by atoms with van der Waals surface area (Å²) < 4.78 is 29.4. The Bertz CT molecular complexity index is 572. The zero-order valence-electron chi connectivity index (χ0n) is 10.5. The molecule has 1 rings (SSSR count). The number of benzene rings is 1. The van der Waals surface area contributed by atoms with Crippen LogP contribution in [0.4, 0.5) is 5.69 Å². The number of sulfone groups is 1. The highest BCUT2D eigenvalue weighted by atomic mass is 35.5. The van der Waals surface area contributed by atoms with Crippen LogP contribution in [0.2, 0.25) is 0 Å². The first-order chi connectivity index (χ1) is 8.82. The minimum absolute atomic E-state index is 0.0883. The molecule has 0 amide bonds. The smallest absolute Gasteiger partial charge is 0.274 e. The molecule has 0 heterocycles. The standard InChI is InChI=1S/C11H14ClNO5S/c1-3-18-10-4-9(13(14)15)5-11(6-10)19(16,17)8(2)7-12/h4-6,8H,3,7H2,1-2H3. The summed E-state index contributed by atoms with van der Waals surface area (Å²) in [5.74, 6) is 0.0617. The van der Waals surface area contributed by atoms with Crippen LogP contribution in [0.3, 0.4) is 0 Å².